The Kier molecular flexibility index (Phi) is 27.1. The van der Waals surface area contributed by atoms with E-state index < -0.39 is 39.4 Å². The Morgan fingerprint density at radius 2 is 0.867 bits per heavy atom. The van der Waals surface area contributed by atoms with E-state index in [-0.39, 0.29) is 130 Å². The molecule has 0 saturated carbocycles. The van der Waals surface area contributed by atoms with Gasteiger partial charge in [-0.15, -0.1) is 0 Å². The quantitative estimate of drug-likeness (QED) is 0.0287. The van der Waals surface area contributed by atoms with E-state index in [4.69, 9.17) is 61.6 Å². The van der Waals surface area contributed by atoms with Gasteiger partial charge in [-0.1, -0.05) is 70.3 Å². The van der Waals surface area contributed by atoms with Crippen molar-refractivity contribution in [2.45, 2.75) is 80.2 Å². The van der Waals surface area contributed by atoms with Gasteiger partial charge in [0.1, 0.15) is 16.9 Å². The van der Waals surface area contributed by atoms with E-state index >= 15 is 0 Å². The van der Waals surface area contributed by atoms with Crippen molar-refractivity contribution in [3.8, 4) is 11.8 Å². The molecule has 22 nitrogen and oxygen atoms in total. The number of hydrogen-bond acceptors (Lipinski definition) is 19. The number of nitrogen functional groups attached to an aromatic ring is 1. The maximum Gasteiger partial charge on any atom is 0.269 e. The largest absolute Gasteiger partial charge is 0.455 e. The minimum Gasteiger partial charge on any atom is -0.455 e. The molecular formula is C69H67Cl4F9N14O8S. The Labute approximate surface area is 620 Å². The molecule has 6 aliphatic rings. The van der Waals surface area contributed by atoms with Crippen LogP contribution in [0, 0.1) is 26.0 Å². The van der Waals surface area contributed by atoms with E-state index in [2.05, 4.69) is 30.6 Å². The number of anilines is 8. The van der Waals surface area contributed by atoms with Crippen LogP contribution in [0.25, 0.3) is 0 Å². The van der Waals surface area contributed by atoms with Crippen LogP contribution in [0.4, 0.5) is 96.6 Å². The molecule has 4 fully saturated rings. The molecule has 4 N–H and O–H groups in total. The highest BCUT2D eigenvalue weighted by Crippen LogP contribution is 2.40. The molecule has 2 amide bonds. The van der Waals surface area contributed by atoms with Crippen molar-refractivity contribution in [3.05, 3.63) is 203 Å². The van der Waals surface area contributed by atoms with Gasteiger partial charge in [-0.25, -0.2) is 49.5 Å². The van der Waals surface area contributed by atoms with Crippen molar-refractivity contribution in [2.24, 2.45) is 0 Å². The van der Waals surface area contributed by atoms with Crippen LogP contribution in [0.2, 0.25) is 20.1 Å². The predicted molar refractivity (Wildman–Crippen MR) is 386 cm³/mol. The molecule has 36 heteroatoms. The standard InChI is InChI=1S/C23H19Cl2F2N5O2.C13H9Cl2N3O2S.C11H12F2N2O2.C11H14F2N2.C6H4FNO2.C5H9F2N/c24-17-2-1-3-18(25)19(17)32-13-34-20-16(21(32)33)12-28-22(30-20)29-14-4-6-15(7-5-14)31-10-8-23(26,27)9-11-31;1-21-13-16-5-7-11(17-13)20-6-18(12(7)19)10-8(14)3-2-4-9(10)15;12-11(13)5-7-14(8-6-11)9-1-3-10(4-2-9)15(16)17;12-11(13)5-7-15(8-6-11)10-3-1-9(14)2-4-10;7-5-1-3-6(4-2-5)8(9)10;6-5(7)1-3-8-4-2-5/h1-7,12H,8-11,13H2,(H,28,29,30);2-5H,6H2,1H3;1-4H,5-8H2;1-4H,5-8,14H2;1-4H;8H,1-4H2. The number of halogens is 13. The van der Waals surface area contributed by atoms with Crippen LogP contribution in [0.15, 0.2) is 151 Å². The van der Waals surface area contributed by atoms with E-state index in [0.29, 0.717) is 87.3 Å². The number of rotatable bonds is 10. The molecule has 8 heterocycles. The number of nitrogens with two attached hydrogens (primary N) is 1. The molecule has 6 aromatic carbocycles. The molecule has 4 saturated heterocycles. The first-order valence-electron chi connectivity index (χ1n) is 32.3. The fourth-order valence-corrected chi connectivity index (χ4v) is 12.4. The third-order valence-electron chi connectivity index (χ3n) is 16.7. The summed E-state index contributed by atoms with van der Waals surface area (Å²) in [4.78, 5) is 70.2. The fraction of sp³-hybridized carbons (Fsp3) is 0.333. The van der Waals surface area contributed by atoms with E-state index in [0.717, 1.165) is 41.3 Å². The number of nitrogens with one attached hydrogen (secondary N) is 2. The zero-order chi connectivity index (χ0) is 75.8. The van der Waals surface area contributed by atoms with Crippen LogP contribution in [0.1, 0.15) is 72.1 Å². The Morgan fingerprint density at radius 3 is 1.24 bits per heavy atom. The number of fused-ring (bicyclic) bond motifs is 2. The summed E-state index contributed by atoms with van der Waals surface area (Å²) in [6.45, 7) is 2.85. The Bertz CT molecular complexity index is 4250. The molecule has 0 aliphatic carbocycles. The molecule has 0 radical (unpaired) electrons. The molecule has 6 aliphatic heterocycles. The van der Waals surface area contributed by atoms with Gasteiger partial charge in [-0.3, -0.25) is 39.6 Å². The van der Waals surface area contributed by atoms with Crippen molar-refractivity contribution in [1.82, 2.24) is 25.3 Å². The third kappa shape index (κ3) is 22.4. The molecule has 0 bridgehead atoms. The van der Waals surface area contributed by atoms with Gasteiger partial charge >= 0.3 is 0 Å². The lowest BCUT2D eigenvalue weighted by Crippen LogP contribution is -2.39. The number of amides is 2. The summed E-state index contributed by atoms with van der Waals surface area (Å²) in [6.07, 6.45) is 3.97. The van der Waals surface area contributed by atoms with E-state index in [1.165, 1.54) is 46.1 Å². The van der Waals surface area contributed by atoms with Crippen molar-refractivity contribution < 1.29 is 68.4 Å². The lowest BCUT2D eigenvalue weighted by Gasteiger charge is -2.33. The molecule has 8 aromatic rings. The average molecular weight is 1570 g/mol. The Hall–Kier alpha value is -9.34. The van der Waals surface area contributed by atoms with Crippen molar-refractivity contribution in [1.29, 1.82) is 0 Å². The number of para-hydroxylation sites is 2. The molecule has 14 rings (SSSR count). The van der Waals surface area contributed by atoms with Crippen LogP contribution in [-0.4, -0.2) is 137 Å². The van der Waals surface area contributed by atoms with E-state index in [1.54, 1.807) is 60.7 Å². The topological polar surface area (TPSA) is 257 Å². The first-order chi connectivity index (χ1) is 49.9. The number of non-ortho nitro benzene ring substituents is 2. The minimum absolute atomic E-state index is 0.000120. The summed E-state index contributed by atoms with van der Waals surface area (Å²) in [5, 5.41) is 28.3. The number of aromatic nitrogens is 4. The summed E-state index contributed by atoms with van der Waals surface area (Å²) < 4.78 is 126. The number of nitrogens with zero attached hydrogens (tertiary/aromatic N) is 11. The van der Waals surface area contributed by atoms with Gasteiger partial charge in [0.05, 0.1) is 41.3 Å². The Balaban J connectivity index is 0.000000156. The zero-order valence-electron chi connectivity index (χ0n) is 55.7. The van der Waals surface area contributed by atoms with Crippen LogP contribution < -0.4 is 50.3 Å². The number of carbonyl (C=O) groups excluding carboxylic acids is 2. The summed E-state index contributed by atoms with van der Waals surface area (Å²) >= 11 is 26.1. The molecule has 2 aromatic heterocycles. The van der Waals surface area contributed by atoms with Gasteiger partial charge < -0.3 is 40.5 Å². The van der Waals surface area contributed by atoms with Crippen molar-refractivity contribution in [3.63, 3.8) is 0 Å². The lowest BCUT2D eigenvalue weighted by molar-refractivity contribution is -0.385. The molecule has 105 heavy (non-hydrogen) atoms. The van der Waals surface area contributed by atoms with Gasteiger partial charge in [0.2, 0.25) is 17.7 Å². The second-order valence-corrected chi connectivity index (χ2v) is 26.4. The highest BCUT2D eigenvalue weighted by molar-refractivity contribution is 7.98. The van der Waals surface area contributed by atoms with E-state index in [1.807, 2.05) is 57.4 Å². The van der Waals surface area contributed by atoms with Crippen molar-refractivity contribution in [2.75, 3.05) is 108 Å². The highest BCUT2D eigenvalue weighted by Gasteiger charge is 2.38. The molecule has 558 valence electrons. The maximum atomic E-state index is 13.4. The van der Waals surface area contributed by atoms with Crippen LogP contribution in [0.3, 0.4) is 0 Å². The molecule has 0 atom stereocenters. The number of benzene rings is 6. The maximum absolute atomic E-state index is 13.4. The number of carbonyl (C=O) groups is 2. The summed E-state index contributed by atoms with van der Waals surface area (Å²) in [7, 11) is 0. The van der Waals surface area contributed by atoms with Gasteiger partial charge in [0.25, 0.3) is 46.9 Å². The lowest BCUT2D eigenvalue weighted by atomic mass is 10.1. The molecule has 0 unspecified atom stereocenters. The molecule has 0 spiro atoms. The summed E-state index contributed by atoms with van der Waals surface area (Å²) in [5.74, 6) is -10.5. The third-order valence-corrected chi connectivity index (χ3v) is 18.5. The average Bonchev–Trinajstić information content (AvgIpc) is 0.782. The summed E-state index contributed by atoms with van der Waals surface area (Å²) in [5.41, 5.74) is 10.7. The normalized spacial score (nSPS) is 17.3. The number of hydrogen-bond donors (Lipinski definition) is 3. The first-order valence-corrected chi connectivity index (χ1v) is 35.0. The summed E-state index contributed by atoms with van der Waals surface area (Å²) in [6, 6.07) is 35.0. The van der Waals surface area contributed by atoms with Crippen LogP contribution in [-0.2, 0) is 0 Å². The number of thioether (sulfide) groups is 1. The second kappa shape index (κ2) is 35.6. The second-order valence-electron chi connectivity index (χ2n) is 24.0. The van der Waals surface area contributed by atoms with Crippen molar-refractivity contribution >= 4 is 127 Å². The zero-order valence-corrected chi connectivity index (χ0v) is 59.5. The van der Waals surface area contributed by atoms with Gasteiger partial charge in [-0.2, -0.15) is 9.97 Å². The van der Waals surface area contributed by atoms with Gasteiger partial charge in [0, 0.05) is 169 Å². The van der Waals surface area contributed by atoms with Crippen LogP contribution >= 0.6 is 58.2 Å². The number of nitro groups is 2. The molecular weight excluding hydrogens is 1500 g/mol. The van der Waals surface area contributed by atoms with Gasteiger partial charge in [-0.05, 0) is 103 Å². The SMILES string of the molecule is CSc1ncc2c(n1)OCN(c1c(Cl)cccc1Cl)C2=O.FC1(F)CCNCC1.Nc1ccc(N2CCC(F)(F)CC2)cc1.O=C1c2cnc(Nc3ccc(N4CCC(F)(F)CC4)cc3)nc2OCN1c1c(Cl)cccc1Cl.O=[N+]([O-])c1ccc(F)cc1.O=[N+]([O-])c1ccc(N2CCC(F)(F)CC2)cc1. The monoisotopic (exact) mass is 1560 g/mol. The highest BCUT2D eigenvalue weighted by atomic mass is 35.5. The number of ether oxygens (including phenoxy) is 2. The fourth-order valence-electron chi connectivity index (χ4n) is 10.9. The minimum atomic E-state index is -2.58. The number of alkyl halides is 8. The number of piperidine rings is 4. The van der Waals surface area contributed by atoms with Crippen LogP contribution in [0.5, 0.6) is 11.8 Å². The predicted octanol–water partition coefficient (Wildman–Crippen LogP) is 17.3. The van der Waals surface area contributed by atoms with Gasteiger partial charge in [0.15, 0.2) is 18.6 Å². The van der Waals surface area contributed by atoms with E-state index in [9.17, 15) is 69.3 Å². The Morgan fingerprint density at radius 1 is 0.514 bits per heavy atom. The first kappa shape index (κ1) is 79.8. The smallest absolute Gasteiger partial charge is 0.269 e. The number of nitro benzene ring substituents is 2.